The van der Waals surface area contributed by atoms with Crippen molar-refractivity contribution in [3.05, 3.63) is 0 Å². The minimum absolute atomic E-state index is 0.867. The Bertz CT molecular complexity index is 313. The normalized spacial score (nSPS) is 31.6. The van der Waals surface area contributed by atoms with E-state index in [1.165, 1.54) is 83.5 Å². The molecule has 2 aliphatic carbocycles. The van der Waals surface area contributed by atoms with Gasteiger partial charge in [0.05, 0.1) is 17.0 Å². The Kier molecular flexibility index (Phi) is 7.79. The molecule has 2 rings (SSSR count). The van der Waals surface area contributed by atoms with Gasteiger partial charge in [-0.15, -0.1) is 0 Å². The standard InChI is InChI=1S/C20H39BP/c1-4-6-12-18(5-2)22(21,19-13-8-7-9-14-19)20-15-10-11-17(3)16-20/h17-20H,4-16H2,1-3H3/q+1/t17-,18?,20?,22?/m0/s1. The largest absolute Gasteiger partial charge is 0.366 e. The van der Waals surface area contributed by atoms with Crippen molar-refractivity contribution in [2.45, 2.75) is 121 Å². The molecule has 0 heterocycles. The van der Waals surface area contributed by atoms with E-state index in [9.17, 15) is 0 Å². The van der Waals surface area contributed by atoms with Gasteiger partial charge in [0, 0.05) is 0 Å². The van der Waals surface area contributed by atoms with Crippen molar-refractivity contribution < 1.29 is 0 Å². The topological polar surface area (TPSA) is 0 Å². The molecule has 0 saturated heterocycles. The zero-order valence-corrected chi connectivity index (χ0v) is 16.4. The summed E-state index contributed by atoms with van der Waals surface area (Å²) in [5.74, 6) is 0.925. The van der Waals surface area contributed by atoms with Gasteiger partial charge in [0.25, 0.3) is 0 Å². The van der Waals surface area contributed by atoms with Crippen molar-refractivity contribution in [2.24, 2.45) is 5.92 Å². The first-order valence-corrected chi connectivity index (χ1v) is 12.4. The summed E-state index contributed by atoms with van der Waals surface area (Å²) >= 11 is 0. The van der Waals surface area contributed by atoms with Gasteiger partial charge in [-0.3, -0.25) is 0 Å². The summed E-state index contributed by atoms with van der Waals surface area (Å²) in [5.41, 5.74) is 2.69. The SMILES string of the molecule is [B][P+](C(CC)CCCC)(C1CCCCC1)C1CCC[C@H](C)C1. The van der Waals surface area contributed by atoms with Crippen molar-refractivity contribution in [1.82, 2.24) is 0 Å². The summed E-state index contributed by atoms with van der Waals surface area (Å²) < 4.78 is 0. The molecule has 0 aromatic rings. The zero-order valence-electron chi connectivity index (χ0n) is 15.5. The number of hydrogen-bond donors (Lipinski definition) is 0. The van der Waals surface area contributed by atoms with E-state index < -0.39 is 7.14 Å². The first-order valence-electron chi connectivity index (χ1n) is 10.3. The minimum Gasteiger partial charge on any atom is -0.0654 e. The second-order valence-corrected chi connectivity index (χ2v) is 12.3. The molecule has 0 aliphatic heterocycles. The van der Waals surface area contributed by atoms with Crippen molar-refractivity contribution in [3.63, 3.8) is 0 Å². The van der Waals surface area contributed by atoms with Gasteiger partial charge in [-0.25, -0.2) is 0 Å². The summed E-state index contributed by atoms with van der Waals surface area (Å²) in [6.45, 7) is 7.24. The minimum atomic E-state index is -1.30. The third kappa shape index (κ3) is 4.31. The van der Waals surface area contributed by atoms with Crippen LogP contribution in [-0.2, 0) is 0 Å². The van der Waals surface area contributed by atoms with Gasteiger partial charge in [-0.05, 0) is 77.3 Å². The van der Waals surface area contributed by atoms with Crippen LogP contribution in [0.4, 0.5) is 0 Å². The number of rotatable bonds is 7. The van der Waals surface area contributed by atoms with E-state index in [4.69, 9.17) is 7.57 Å². The van der Waals surface area contributed by atoms with Gasteiger partial charge in [0.2, 0.25) is 0 Å². The maximum absolute atomic E-state index is 7.52. The van der Waals surface area contributed by atoms with Gasteiger partial charge >= 0.3 is 7.57 Å². The van der Waals surface area contributed by atoms with Crippen LogP contribution in [-0.4, -0.2) is 24.5 Å². The quantitative estimate of drug-likeness (QED) is 0.351. The van der Waals surface area contributed by atoms with Crippen molar-refractivity contribution in [1.29, 1.82) is 0 Å². The molecule has 2 aliphatic rings. The van der Waals surface area contributed by atoms with Gasteiger partial charge in [0.15, 0.2) is 0 Å². The average Bonchev–Trinajstić information content (AvgIpc) is 2.56. The van der Waals surface area contributed by atoms with Crippen LogP contribution in [0.3, 0.4) is 0 Å². The molecule has 0 N–H and O–H groups in total. The highest BCUT2D eigenvalue weighted by atomic mass is 31.2. The maximum atomic E-state index is 7.52. The van der Waals surface area contributed by atoms with E-state index in [0.717, 1.165) is 22.9 Å². The van der Waals surface area contributed by atoms with Crippen LogP contribution in [0, 0.1) is 5.92 Å². The predicted octanol–water partition coefficient (Wildman–Crippen LogP) is 6.97. The average molecular weight is 321 g/mol. The maximum Gasteiger partial charge on any atom is 0.366 e. The summed E-state index contributed by atoms with van der Waals surface area (Å²) in [6, 6.07) is 0. The lowest BCUT2D eigenvalue weighted by molar-refractivity contribution is 0.383. The molecular formula is C20H39BP+. The molecule has 0 aromatic carbocycles. The Labute approximate surface area is 142 Å². The lowest BCUT2D eigenvalue weighted by atomic mass is 9.90. The second kappa shape index (κ2) is 9.10. The Morgan fingerprint density at radius 1 is 0.955 bits per heavy atom. The lowest BCUT2D eigenvalue weighted by Gasteiger charge is -2.47. The Morgan fingerprint density at radius 3 is 2.23 bits per heavy atom. The van der Waals surface area contributed by atoms with Crippen LogP contribution in [0.5, 0.6) is 0 Å². The molecule has 2 radical (unpaired) electrons. The van der Waals surface area contributed by atoms with E-state index in [2.05, 4.69) is 20.8 Å². The van der Waals surface area contributed by atoms with E-state index in [1.54, 1.807) is 0 Å². The molecular weight excluding hydrogens is 282 g/mol. The van der Waals surface area contributed by atoms with Gasteiger partial charge in [-0.2, -0.15) is 0 Å². The predicted molar refractivity (Wildman–Crippen MR) is 105 cm³/mol. The van der Waals surface area contributed by atoms with E-state index in [1.807, 2.05) is 0 Å². The van der Waals surface area contributed by atoms with Gasteiger partial charge in [-0.1, -0.05) is 40.0 Å². The Balaban J connectivity index is 2.20. The van der Waals surface area contributed by atoms with Gasteiger partial charge < -0.3 is 0 Å². The third-order valence-corrected chi connectivity index (χ3v) is 12.1. The van der Waals surface area contributed by atoms with Crippen LogP contribution < -0.4 is 0 Å². The number of hydrogen-bond acceptors (Lipinski definition) is 0. The van der Waals surface area contributed by atoms with Gasteiger partial charge in [0.1, 0.15) is 0 Å². The highest BCUT2D eigenvalue weighted by Crippen LogP contribution is 2.73. The second-order valence-electron chi connectivity index (χ2n) is 8.32. The van der Waals surface area contributed by atoms with Crippen LogP contribution in [0.1, 0.15) is 104 Å². The molecule has 3 unspecified atom stereocenters. The lowest BCUT2D eigenvalue weighted by Crippen LogP contribution is -2.36. The van der Waals surface area contributed by atoms with Crippen molar-refractivity contribution in [3.8, 4) is 0 Å². The Hall–Kier alpha value is 0.495. The van der Waals surface area contributed by atoms with Crippen LogP contribution in [0.15, 0.2) is 0 Å². The first kappa shape index (κ1) is 18.8. The monoisotopic (exact) mass is 321 g/mol. The fourth-order valence-electron chi connectivity index (χ4n) is 5.41. The molecule has 0 spiro atoms. The van der Waals surface area contributed by atoms with Crippen molar-refractivity contribution in [2.75, 3.05) is 0 Å². The van der Waals surface area contributed by atoms with E-state index >= 15 is 0 Å². The molecule has 2 fully saturated rings. The van der Waals surface area contributed by atoms with Crippen molar-refractivity contribution >= 4 is 14.7 Å². The Morgan fingerprint density at radius 2 is 1.64 bits per heavy atom. The highest BCUT2D eigenvalue weighted by molar-refractivity contribution is 7.99. The smallest absolute Gasteiger partial charge is 0.0654 e. The fraction of sp³-hybridized carbons (Fsp3) is 1.00. The molecule has 0 aromatic heterocycles. The molecule has 0 amide bonds. The first-order chi connectivity index (χ1) is 10.6. The molecule has 126 valence electrons. The van der Waals surface area contributed by atoms with Crippen LogP contribution in [0.25, 0.3) is 0 Å². The molecule has 2 saturated carbocycles. The van der Waals surface area contributed by atoms with E-state index in [-0.39, 0.29) is 0 Å². The summed E-state index contributed by atoms with van der Waals surface area (Å²) in [6.07, 6.45) is 18.6. The molecule has 0 nitrogen and oxygen atoms in total. The molecule has 2 heteroatoms. The van der Waals surface area contributed by atoms with Crippen LogP contribution >= 0.6 is 7.14 Å². The summed E-state index contributed by atoms with van der Waals surface area (Å²) in [5, 5.41) is 0. The van der Waals surface area contributed by atoms with Crippen LogP contribution in [0.2, 0.25) is 0 Å². The fourth-order valence-corrected chi connectivity index (χ4v) is 11.1. The summed E-state index contributed by atoms with van der Waals surface area (Å²) in [4.78, 5) is 0. The number of unbranched alkanes of at least 4 members (excludes halogenated alkanes) is 1. The highest BCUT2D eigenvalue weighted by Gasteiger charge is 2.52. The third-order valence-electron chi connectivity index (χ3n) is 6.74. The zero-order chi connectivity index (χ0) is 16.0. The molecule has 0 bridgehead atoms. The molecule has 22 heavy (non-hydrogen) atoms. The van der Waals surface area contributed by atoms with E-state index in [0.29, 0.717) is 0 Å². The molecule has 4 atom stereocenters. The summed E-state index contributed by atoms with van der Waals surface area (Å²) in [7, 11) is 6.22.